The number of nitrogens with one attached hydrogen (secondary N) is 2. The van der Waals surface area contributed by atoms with E-state index in [1.54, 1.807) is 12.1 Å². The zero-order valence-corrected chi connectivity index (χ0v) is 11.0. The molecule has 1 fully saturated rings. The van der Waals surface area contributed by atoms with Crippen molar-refractivity contribution in [3.8, 4) is 5.75 Å². The number of rotatable bonds is 5. The molecule has 0 radical (unpaired) electrons. The van der Waals surface area contributed by atoms with Crippen LogP contribution < -0.4 is 15.4 Å². The zero-order chi connectivity index (χ0) is 13.7. The molecule has 0 amide bonds. The van der Waals surface area contributed by atoms with Crippen LogP contribution in [0.1, 0.15) is 19.8 Å². The molecule has 104 valence electrons. The van der Waals surface area contributed by atoms with Crippen molar-refractivity contribution in [2.45, 2.75) is 25.8 Å². The van der Waals surface area contributed by atoms with Gasteiger partial charge in [-0.15, -0.1) is 0 Å². The van der Waals surface area contributed by atoms with Gasteiger partial charge in [0.05, 0.1) is 11.5 Å². The first-order valence-electron chi connectivity index (χ1n) is 6.59. The predicted molar refractivity (Wildman–Crippen MR) is 73.8 cm³/mol. The molecular weight excluding hydrogens is 246 g/mol. The van der Waals surface area contributed by atoms with E-state index in [4.69, 9.17) is 4.74 Å². The maximum atomic E-state index is 10.9. The molecular formula is C13H19N3O3. The molecule has 1 aliphatic heterocycles. The van der Waals surface area contributed by atoms with Gasteiger partial charge in [0.15, 0.2) is 5.75 Å². The number of ether oxygens (including phenoxy) is 1. The first-order valence-corrected chi connectivity index (χ1v) is 6.59. The lowest BCUT2D eigenvalue weighted by Crippen LogP contribution is -2.35. The van der Waals surface area contributed by atoms with Crippen LogP contribution in [0.2, 0.25) is 0 Å². The van der Waals surface area contributed by atoms with Gasteiger partial charge in [-0.1, -0.05) is 0 Å². The van der Waals surface area contributed by atoms with Gasteiger partial charge in [0.1, 0.15) is 0 Å². The third kappa shape index (κ3) is 3.57. The molecule has 0 bridgehead atoms. The van der Waals surface area contributed by atoms with Gasteiger partial charge >= 0.3 is 5.69 Å². The second-order valence-electron chi connectivity index (χ2n) is 4.54. The summed E-state index contributed by atoms with van der Waals surface area (Å²) >= 11 is 0. The summed E-state index contributed by atoms with van der Waals surface area (Å²) in [7, 11) is 0. The van der Waals surface area contributed by atoms with E-state index in [0.29, 0.717) is 18.4 Å². The van der Waals surface area contributed by atoms with Gasteiger partial charge in [-0.2, -0.15) is 0 Å². The van der Waals surface area contributed by atoms with Crippen molar-refractivity contribution in [1.29, 1.82) is 0 Å². The molecule has 6 heteroatoms. The lowest BCUT2D eigenvalue weighted by atomic mass is 10.1. The first-order chi connectivity index (χ1) is 9.20. The Morgan fingerprint density at radius 2 is 2.21 bits per heavy atom. The molecule has 6 nitrogen and oxygen atoms in total. The molecule has 0 saturated carbocycles. The highest BCUT2D eigenvalue weighted by molar-refractivity contribution is 5.58. The minimum absolute atomic E-state index is 0.0118. The van der Waals surface area contributed by atoms with Gasteiger partial charge in [0, 0.05) is 23.9 Å². The third-order valence-electron chi connectivity index (χ3n) is 3.17. The van der Waals surface area contributed by atoms with Crippen LogP contribution in [0.5, 0.6) is 5.75 Å². The van der Waals surface area contributed by atoms with Gasteiger partial charge in [-0.25, -0.2) is 0 Å². The number of hydrogen-bond acceptors (Lipinski definition) is 5. The molecule has 2 N–H and O–H groups in total. The minimum atomic E-state index is -0.417. The molecule has 0 aliphatic carbocycles. The van der Waals surface area contributed by atoms with Gasteiger partial charge in [-0.3, -0.25) is 10.1 Å². The quantitative estimate of drug-likeness (QED) is 0.630. The Hall–Kier alpha value is -1.82. The molecule has 2 rings (SSSR count). The van der Waals surface area contributed by atoms with Crippen LogP contribution in [0, 0.1) is 10.1 Å². The van der Waals surface area contributed by atoms with Crippen molar-refractivity contribution in [1.82, 2.24) is 5.32 Å². The van der Waals surface area contributed by atoms with Crippen molar-refractivity contribution < 1.29 is 9.66 Å². The molecule has 1 saturated heterocycles. The fourth-order valence-electron chi connectivity index (χ4n) is 2.23. The molecule has 0 atom stereocenters. The van der Waals surface area contributed by atoms with E-state index in [-0.39, 0.29) is 5.69 Å². The molecule has 1 aromatic carbocycles. The number of benzene rings is 1. The first kappa shape index (κ1) is 13.6. The van der Waals surface area contributed by atoms with Crippen molar-refractivity contribution in [2.75, 3.05) is 25.0 Å². The van der Waals surface area contributed by atoms with E-state index >= 15 is 0 Å². The number of nitro benzene ring substituents is 1. The predicted octanol–water partition coefficient (Wildman–Crippen LogP) is 2.16. The number of nitrogens with zero attached hydrogens (tertiary/aromatic N) is 1. The summed E-state index contributed by atoms with van der Waals surface area (Å²) in [5, 5.41) is 17.6. The largest absolute Gasteiger partial charge is 0.487 e. The second-order valence-corrected chi connectivity index (χ2v) is 4.54. The Kier molecular flexibility index (Phi) is 4.57. The number of nitro groups is 1. The van der Waals surface area contributed by atoms with E-state index < -0.39 is 4.92 Å². The summed E-state index contributed by atoms with van der Waals surface area (Å²) in [6.07, 6.45) is 2.11. The molecule has 0 aromatic heterocycles. The van der Waals surface area contributed by atoms with E-state index in [0.717, 1.165) is 31.6 Å². The van der Waals surface area contributed by atoms with Crippen molar-refractivity contribution in [3.63, 3.8) is 0 Å². The van der Waals surface area contributed by atoms with Crippen LogP contribution in [0.3, 0.4) is 0 Å². The Labute approximate surface area is 112 Å². The summed E-state index contributed by atoms with van der Waals surface area (Å²) in [4.78, 5) is 10.5. The van der Waals surface area contributed by atoms with E-state index in [2.05, 4.69) is 10.6 Å². The summed E-state index contributed by atoms with van der Waals surface area (Å²) in [5.41, 5.74) is 0.888. The second kappa shape index (κ2) is 6.38. The average molecular weight is 265 g/mol. The Bertz CT molecular complexity index is 445. The Morgan fingerprint density at radius 3 is 2.84 bits per heavy atom. The molecule has 1 heterocycles. The Morgan fingerprint density at radius 1 is 1.47 bits per heavy atom. The summed E-state index contributed by atoms with van der Waals surface area (Å²) in [5.74, 6) is 0.325. The fourth-order valence-corrected chi connectivity index (χ4v) is 2.23. The fraction of sp³-hybridized carbons (Fsp3) is 0.538. The van der Waals surface area contributed by atoms with Crippen molar-refractivity contribution >= 4 is 11.4 Å². The van der Waals surface area contributed by atoms with E-state index in [9.17, 15) is 10.1 Å². The van der Waals surface area contributed by atoms with Crippen LogP contribution in [-0.4, -0.2) is 30.7 Å². The monoisotopic (exact) mass is 265 g/mol. The third-order valence-corrected chi connectivity index (χ3v) is 3.17. The Balaban J connectivity index is 2.12. The van der Waals surface area contributed by atoms with E-state index in [1.807, 2.05) is 6.92 Å². The SMILES string of the molecule is CCOc1cc(NC2CCNCC2)ccc1[N+](=O)[O-]. The molecule has 1 aromatic rings. The highest BCUT2D eigenvalue weighted by Crippen LogP contribution is 2.30. The smallest absolute Gasteiger partial charge is 0.311 e. The maximum Gasteiger partial charge on any atom is 0.311 e. The van der Waals surface area contributed by atoms with Crippen LogP contribution >= 0.6 is 0 Å². The average Bonchev–Trinajstić information content (AvgIpc) is 2.40. The standard InChI is InChI=1S/C13H19N3O3/c1-2-19-13-9-11(3-4-12(13)16(17)18)15-10-5-7-14-8-6-10/h3-4,9-10,14-15H,2,5-8H2,1H3. The van der Waals surface area contributed by atoms with E-state index in [1.165, 1.54) is 6.07 Å². The highest BCUT2D eigenvalue weighted by Gasteiger charge is 2.17. The van der Waals surface area contributed by atoms with Crippen LogP contribution in [-0.2, 0) is 0 Å². The van der Waals surface area contributed by atoms with Gasteiger partial charge in [0.2, 0.25) is 0 Å². The van der Waals surface area contributed by atoms with Crippen molar-refractivity contribution in [3.05, 3.63) is 28.3 Å². The molecule has 1 aliphatic rings. The molecule has 0 spiro atoms. The van der Waals surface area contributed by atoms with Crippen LogP contribution in [0.15, 0.2) is 18.2 Å². The minimum Gasteiger partial charge on any atom is -0.487 e. The normalized spacial score (nSPS) is 16.1. The maximum absolute atomic E-state index is 10.9. The number of piperidine rings is 1. The lowest BCUT2D eigenvalue weighted by molar-refractivity contribution is -0.385. The van der Waals surface area contributed by atoms with Gasteiger partial charge < -0.3 is 15.4 Å². The van der Waals surface area contributed by atoms with Crippen molar-refractivity contribution in [2.24, 2.45) is 0 Å². The number of hydrogen-bond donors (Lipinski definition) is 2. The van der Waals surface area contributed by atoms with Crippen LogP contribution in [0.4, 0.5) is 11.4 Å². The topological polar surface area (TPSA) is 76.4 Å². The summed E-state index contributed by atoms with van der Waals surface area (Å²) in [6, 6.07) is 5.36. The summed E-state index contributed by atoms with van der Waals surface area (Å²) in [6.45, 7) is 4.24. The molecule has 0 unspecified atom stereocenters. The highest BCUT2D eigenvalue weighted by atomic mass is 16.6. The number of anilines is 1. The van der Waals surface area contributed by atoms with Crippen LogP contribution in [0.25, 0.3) is 0 Å². The lowest BCUT2D eigenvalue weighted by Gasteiger charge is -2.24. The molecule has 19 heavy (non-hydrogen) atoms. The van der Waals surface area contributed by atoms with Gasteiger partial charge in [-0.05, 0) is 38.9 Å². The summed E-state index contributed by atoms with van der Waals surface area (Å²) < 4.78 is 5.33. The zero-order valence-electron chi connectivity index (χ0n) is 11.0. The van der Waals surface area contributed by atoms with Gasteiger partial charge in [0.25, 0.3) is 0 Å².